The topological polar surface area (TPSA) is 91.5 Å². The smallest absolute Gasteiger partial charge is 0.338 e. The van der Waals surface area contributed by atoms with Gasteiger partial charge >= 0.3 is 11.9 Å². The standard InChI is InChI=1S/C19H16N2O5/c1-24-19(23)15-10-6-5-9-14(15)11-17(22)25-12-16-20-21-18(26-16)13-7-3-2-4-8-13/h2-10H,11-12H2,1H3. The molecular weight excluding hydrogens is 336 g/mol. The molecule has 0 saturated heterocycles. The minimum Gasteiger partial charge on any atom is -0.465 e. The van der Waals surface area contributed by atoms with Gasteiger partial charge in [0, 0.05) is 5.56 Å². The minimum atomic E-state index is -0.513. The zero-order valence-electron chi connectivity index (χ0n) is 14.0. The van der Waals surface area contributed by atoms with Crippen molar-refractivity contribution in [3.8, 4) is 11.5 Å². The van der Waals surface area contributed by atoms with E-state index in [0.29, 0.717) is 17.0 Å². The summed E-state index contributed by atoms with van der Waals surface area (Å²) >= 11 is 0. The van der Waals surface area contributed by atoms with E-state index in [1.807, 2.05) is 30.3 Å². The minimum absolute atomic E-state index is 0.0645. The third-order valence-corrected chi connectivity index (χ3v) is 3.60. The molecule has 2 aromatic carbocycles. The van der Waals surface area contributed by atoms with Gasteiger partial charge in [-0.25, -0.2) is 4.79 Å². The Labute approximate surface area is 149 Å². The van der Waals surface area contributed by atoms with Crippen LogP contribution < -0.4 is 0 Å². The van der Waals surface area contributed by atoms with E-state index in [1.54, 1.807) is 24.3 Å². The van der Waals surface area contributed by atoms with Crippen LogP contribution in [-0.2, 0) is 27.3 Å². The number of methoxy groups -OCH3 is 1. The molecule has 7 heteroatoms. The number of carbonyl (C=O) groups is 2. The average Bonchev–Trinajstić information content (AvgIpc) is 3.16. The second kappa shape index (κ2) is 8.06. The Bertz CT molecular complexity index is 905. The number of ether oxygens (including phenoxy) is 2. The molecule has 0 amide bonds. The van der Waals surface area contributed by atoms with Crippen molar-refractivity contribution in [3.63, 3.8) is 0 Å². The summed E-state index contributed by atoms with van der Waals surface area (Å²) in [5.74, 6) is -0.468. The van der Waals surface area contributed by atoms with Gasteiger partial charge in [-0.15, -0.1) is 10.2 Å². The van der Waals surface area contributed by atoms with Gasteiger partial charge in [0.1, 0.15) is 0 Å². The third-order valence-electron chi connectivity index (χ3n) is 3.60. The predicted molar refractivity (Wildman–Crippen MR) is 91.0 cm³/mol. The molecule has 0 aliphatic rings. The monoisotopic (exact) mass is 352 g/mol. The van der Waals surface area contributed by atoms with Crippen molar-refractivity contribution in [1.29, 1.82) is 0 Å². The van der Waals surface area contributed by atoms with Gasteiger partial charge in [-0.1, -0.05) is 36.4 Å². The fourth-order valence-electron chi connectivity index (χ4n) is 2.34. The Hall–Kier alpha value is -3.48. The van der Waals surface area contributed by atoms with E-state index in [-0.39, 0.29) is 18.9 Å². The lowest BCUT2D eigenvalue weighted by molar-refractivity contribution is -0.144. The second-order valence-corrected chi connectivity index (χ2v) is 5.35. The van der Waals surface area contributed by atoms with E-state index in [0.717, 1.165) is 5.56 Å². The van der Waals surface area contributed by atoms with Crippen molar-refractivity contribution in [2.75, 3.05) is 7.11 Å². The molecule has 0 bridgehead atoms. The number of aromatic nitrogens is 2. The number of hydrogen-bond donors (Lipinski definition) is 0. The van der Waals surface area contributed by atoms with Gasteiger partial charge in [-0.3, -0.25) is 4.79 Å². The molecular formula is C19H16N2O5. The Morgan fingerprint density at radius 2 is 1.73 bits per heavy atom. The van der Waals surface area contributed by atoms with Crippen molar-refractivity contribution in [1.82, 2.24) is 10.2 Å². The van der Waals surface area contributed by atoms with Gasteiger partial charge < -0.3 is 13.9 Å². The summed E-state index contributed by atoms with van der Waals surface area (Å²) < 4.78 is 15.3. The number of carbonyl (C=O) groups excluding carboxylic acids is 2. The molecule has 0 aliphatic heterocycles. The Kier molecular flexibility index (Phi) is 5.38. The zero-order chi connectivity index (χ0) is 18.4. The van der Waals surface area contributed by atoms with Crippen LogP contribution in [0.15, 0.2) is 59.0 Å². The lowest BCUT2D eigenvalue weighted by Gasteiger charge is -2.07. The quantitative estimate of drug-likeness (QED) is 0.630. The molecule has 0 spiro atoms. The van der Waals surface area contributed by atoms with E-state index < -0.39 is 11.9 Å². The molecule has 1 heterocycles. The maximum absolute atomic E-state index is 12.1. The van der Waals surface area contributed by atoms with E-state index in [1.165, 1.54) is 7.11 Å². The molecule has 0 N–H and O–H groups in total. The zero-order valence-corrected chi connectivity index (χ0v) is 14.0. The normalized spacial score (nSPS) is 10.3. The molecule has 3 aromatic rings. The molecule has 0 atom stereocenters. The van der Waals surface area contributed by atoms with Crippen molar-refractivity contribution >= 4 is 11.9 Å². The van der Waals surface area contributed by atoms with Crippen molar-refractivity contribution in [2.45, 2.75) is 13.0 Å². The summed E-state index contributed by atoms with van der Waals surface area (Å²) in [7, 11) is 1.29. The maximum atomic E-state index is 12.1. The molecule has 0 aliphatic carbocycles. The van der Waals surface area contributed by atoms with Crippen LogP contribution in [0, 0.1) is 0 Å². The van der Waals surface area contributed by atoms with Crippen molar-refractivity contribution < 1.29 is 23.5 Å². The number of esters is 2. The molecule has 0 unspecified atom stereocenters. The highest BCUT2D eigenvalue weighted by molar-refractivity contribution is 5.92. The molecule has 7 nitrogen and oxygen atoms in total. The first kappa shape index (κ1) is 17.3. The van der Waals surface area contributed by atoms with Crippen molar-refractivity contribution in [3.05, 3.63) is 71.6 Å². The molecule has 0 saturated carbocycles. The first-order valence-electron chi connectivity index (χ1n) is 7.87. The fraction of sp³-hybridized carbons (Fsp3) is 0.158. The van der Waals surface area contributed by atoms with E-state index in [9.17, 15) is 9.59 Å². The molecule has 26 heavy (non-hydrogen) atoms. The first-order valence-corrected chi connectivity index (χ1v) is 7.87. The van der Waals surface area contributed by atoms with Crippen LogP contribution in [0.5, 0.6) is 0 Å². The number of nitrogens with zero attached hydrogens (tertiary/aromatic N) is 2. The summed E-state index contributed by atoms with van der Waals surface area (Å²) in [4.78, 5) is 23.8. The second-order valence-electron chi connectivity index (χ2n) is 5.35. The van der Waals surface area contributed by atoms with Crippen LogP contribution in [0.1, 0.15) is 21.8 Å². The van der Waals surface area contributed by atoms with Gasteiger partial charge in [0.15, 0.2) is 6.61 Å². The van der Waals surface area contributed by atoms with Gasteiger partial charge in [-0.05, 0) is 23.8 Å². The maximum Gasteiger partial charge on any atom is 0.338 e. The molecule has 132 valence electrons. The van der Waals surface area contributed by atoms with E-state index >= 15 is 0 Å². The van der Waals surface area contributed by atoms with Crippen LogP contribution in [0.2, 0.25) is 0 Å². The van der Waals surface area contributed by atoms with Gasteiger partial charge in [0.05, 0.1) is 19.1 Å². The van der Waals surface area contributed by atoms with Gasteiger partial charge in [0.2, 0.25) is 5.89 Å². The summed E-state index contributed by atoms with van der Waals surface area (Å²) in [6, 6.07) is 16.0. The van der Waals surface area contributed by atoms with Gasteiger partial charge in [0.25, 0.3) is 5.89 Å². The van der Waals surface area contributed by atoms with Crippen molar-refractivity contribution in [2.24, 2.45) is 0 Å². The van der Waals surface area contributed by atoms with Crippen LogP contribution in [0.4, 0.5) is 0 Å². The number of rotatable bonds is 6. The number of benzene rings is 2. The SMILES string of the molecule is COC(=O)c1ccccc1CC(=O)OCc1nnc(-c2ccccc2)o1. The molecule has 3 rings (SSSR count). The first-order chi connectivity index (χ1) is 12.7. The Balaban J connectivity index is 1.60. The van der Waals surface area contributed by atoms with Gasteiger partial charge in [-0.2, -0.15) is 0 Å². The highest BCUT2D eigenvalue weighted by atomic mass is 16.5. The largest absolute Gasteiger partial charge is 0.465 e. The predicted octanol–water partition coefficient (Wildman–Crippen LogP) is 2.81. The summed E-state index contributed by atoms with van der Waals surface area (Å²) in [5, 5.41) is 7.79. The highest BCUT2D eigenvalue weighted by Crippen LogP contribution is 2.17. The van der Waals surface area contributed by atoms with Crippen LogP contribution >= 0.6 is 0 Å². The lowest BCUT2D eigenvalue weighted by Crippen LogP contribution is -2.12. The summed E-state index contributed by atoms with van der Waals surface area (Å²) in [6.07, 6.45) is -0.0645. The fourth-order valence-corrected chi connectivity index (χ4v) is 2.34. The lowest BCUT2D eigenvalue weighted by atomic mass is 10.0. The molecule has 0 fully saturated rings. The summed E-state index contributed by atoms with van der Waals surface area (Å²) in [5.41, 5.74) is 1.64. The molecule has 1 aromatic heterocycles. The van der Waals surface area contributed by atoms with Crippen LogP contribution in [0.25, 0.3) is 11.5 Å². The number of hydrogen-bond acceptors (Lipinski definition) is 7. The Morgan fingerprint density at radius 1 is 1.00 bits per heavy atom. The van der Waals surface area contributed by atoms with E-state index in [2.05, 4.69) is 10.2 Å². The average molecular weight is 352 g/mol. The highest BCUT2D eigenvalue weighted by Gasteiger charge is 2.16. The summed E-state index contributed by atoms with van der Waals surface area (Å²) in [6.45, 7) is -0.140. The van der Waals surface area contributed by atoms with Crippen LogP contribution in [0.3, 0.4) is 0 Å². The Morgan fingerprint density at radius 3 is 2.50 bits per heavy atom. The van der Waals surface area contributed by atoms with E-state index in [4.69, 9.17) is 13.9 Å². The molecule has 0 radical (unpaired) electrons. The van der Waals surface area contributed by atoms with Crippen LogP contribution in [-0.4, -0.2) is 29.2 Å². The third kappa shape index (κ3) is 4.13.